The van der Waals surface area contributed by atoms with Crippen molar-refractivity contribution in [2.24, 2.45) is 0 Å². The maximum atomic E-state index is 12.3. The summed E-state index contributed by atoms with van der Waals surface area (Å²) in [6.45, 7) is 9.21. The first-order chi connectivity index (χ1) is 11.5. The highest BCUT2D eigenvalue weighted by Crippen LogP contribution is 2.35. The smallest absolute Gasteiger partial charge is 0.220 e. The maximum absolute atomic E-state index is 12.3. The van der Waals surface area contributed by atoms with Gasteiger partial charge in [-0.15, -0.1) is 0 Å². The van der Waals surface area contributed by atoms with E-state index in [4.69, 9.17) is 4.74 Å². The number of benzene rings is 1. The fraction of sp³-hybridized carbons (Fsp3) is 0.650. The lowest BCUT2D eigenvalue weighted by atomic mass is 9.81. The van der Waals surface area contributed by atoms with Gasteiger partial charge in [0, 0.05) is 25.6 Å². The van der Waals surface area contributed by atoms with Crippen LogP contribution in [-0.2, 0) is 11.2 Å². The maximum Gasteiger partial charge on any atom is 0.220 e. The first kappa shape index (κ1) is 18.8. The summed E-state index contributed by atoms with van der Waals surface area (Å²) in [5, 5.41) is 3.10. The Morgan fingerprint density at radius 1 is 1.42 bits per heavy atom. The third-order valence-corrected chi connectivity index (χ3v) is 5.08. The van der Waals surface area contributed by atoms with E-state index in [1.165, 1.54) is 11.1 Å². The topological polar surface area (TPSA) is 41.6 Å². The molecular weight excluding hydrogens is 300 g/mol. The molecule has 0 fully saturated rings. The molecule has 1 aromatic carbocycles. The molecule has 1 N–H and O–H groups in total. The third kappa shape index (κ3) is 4.97. The number of likely N-dealkylation sites (N-methyl/N-ethyl adjacent to an activating group) is 1. The number of hydrogen-bond donors (Lipinski definition) is 1. The minimum Gasteiger partial charge on any atom is -0.497 e. The number of carbonyl (C=O) groups excluding carboxylic acids is 1. The average molecular weight is 332 g/mol. The van der Waals surface area contributed by atoms with E-state index in [-0.39, 0.29) is 5.91 Å². The number of rotatable bonds is 8. The van der Waals surface area contributed by atoms with Gasteiger partial charge in [-0.2, -0.15) is 0 Å². The van der Waals surface area contributed by atoms with Gasteiger partial charge in [-0.05, 0) is 68.8 Å². The van der Waals surface area contributed by atoms with Gasteiger partial charge in [0.05, 0.1) is 7.11 Å². The summed E-state index contributed by atoms with van der Waals surface area (Å²) >= 11 is 0. The van der Waals surface area contributed by atoms with Gasteiger partial charge in [0.2, 0.25) is 5.91 Å². The van der Waals surface area contributed by atoms with Gasteiger partial charge in [0.25, 0.3) is 0 Å². The van der Waals surface area contributed by atoms with E-state index in [1.54, 1.807) is 7.11 Å². The van der Waals surface area contributed by atoms with Gasteiger partial charge >= 0.3 is 0 Å². The lowest BCUT2D eigenvalue weighted by Crippen LogP contribution is -2.38. The van der Waals surface area contributed by atoms with Crippen molar-refractivity contribution in [3.05, 3.63) is 29.3 Å². The van der Waals surface area contributed by atoms with E-state index >= 15 is 0 Å². The average Bonchev–Trinajstić information content (AvgIpc) is 2.58. The van der Waals surface area contributed by atoms with Crippen molar-refractivity contribution in [3.63, 3.8) is 0 Å². The van der Waals surface area contributed by atoms with Crippen LogP contribution in [0.5, 0.6) is 5.75 Å². The quantitative estimate of drug-likeness (QED) is 0.794. The molecule has 4 heteroatoms. The first-order valence-corrected chi connectivity index (χ1v) is 9.22. The molecule has 0 saturated heterocycles. The highest BCUT2D eigenvalue weighted by Gasteiger charge is 2.23. The highest BCUT2D eigenvalue weighted by molar-refractivity contribution is 5.77. The van der Waals surface area contributed by atoms with Gasteiger partial charge in [-0.25, -0.2) is 0 Å². The van der Waals surface area contributed by atoms with Crippen molar-refractivity contribution in [1.29, 1.82) is 0 Å². The lowest BCUT2D eigenvalue weighted by molar-refractivity contribution is -0.121. The van der Waals surface area contributed by atoms with Crippen molar-refractivity contribution < 1.29 is 9.53 Å². The first-order valence-electron chi connectivity index (χ1n) is 9.22. The second-order valence-corrected chi connectivity index (χ2v) is 6.93. The van der Waals surface area contributed by atoms with Crippen molar-refractivity contribution >= 4 is 5.91 Å². The predicted molar refractivity (Wildman–Crippen MR) is 98.7 cm³/mol. The number of amides is 1. The summed E-state index contributed by atoms with van der Waals surface area (Å²) < 4.78 is 5.32. The molecule has 0 spiro atoms. The highest BCUT2D eigenvalue weighted by atomic mass is 16.5. The number of ether oxygens (including phenoxy) is 1. The summed E-state index contributed by atoms with van der Waals surface area (Å²) in [7, 11) is 1.70. The van der Waals surface area contributed by atoms with E-state index in [0.29, 0.717) is 18.4 Å². The minimum atomic E-state index is 0.170. The largest absolute Gasteiger partial charge is 0.497 e. The number of methoxy groups -OCH3 is 1. The molecule has 1 amide bonds. The van der Waals surface area contributed by atoms with Crippen LogP contribution < -0.4 is 10.1 Å². The van der Waals surface area contributed by atoms with Crippen molar-refractivity contribution in [2.45, 2.75) is 58.4 Å². The second-order valence-electron chi connectivity index (χ2n) is 6.93. The molecule has 1 atom stereocenters. The minimum absolute atomic E-state index is 0.170. The Hall–Kier alpha value is -1.55. The molecule has 1 aliphatic rings. The van der Waals surface area contributed by atoms with E-state index in [1.807, 2.05) is 6.07 Å². The molecule has 0 aliphatic heterocycles. The van der Waals surface area contributed by atoms with Crippen LogP contribution in [-0.4, -0.2) is 43.6 Å². The molecule has 1 aromatic rings. The zero-order valence-electron chi connectivity index (χ0n) is 15.6. The lowest BCUT2D eigenvalue weighted by Gasteiger charge is -2.26. The molecule has 1 unspecified atom stereocenters. The molecule has 0 bridgehead atoms. The summed E-state index contributed by atoms with van der Waals surface area (Å²) in [5.41, 5.74) is 2.67. The second kappa shape index (κ2) is 9.07. The summed E-state index contributed by atoms with van der Waals surface area (Å²) in [4.78, 5) is 14.7. The summed E-state index contributed by atoms with van der Waals surface area (Å²) in [6, 6.07) is 6.80. The fourth-order valence-corrected chi connectivity index (χ4v) is 3.65. The van der Waals surface area contributed by atoms with Gasteiger partial charge in [-0.1, -0.05) is 13.0 Å². The van der Waals surface area contributed by atoms with E-state index in [2.05, 4.69) is 43.1 Å². The van der Waals surface area contributed by atoms with Crippen molar-refractivity contribution in [3.8, 4) is 5.75 Å². The van der Waals surface area contributed by atoms with Gasteiger partial charge < -0.3 is 10.1 Å². The molecule has 2 rings (SSSR count). The Labute approximate surface area is 146 Å². The van der Waals surface area contributed by atoms with E-state index in [0.717, 1.165) is 44.6 Å². The van der Waals surface area contributed by atoms with Crippen LogP contribution >= 0.6 is 0 Å². The van der Waals surface area contributed by atoms with E-state index < -0.39 is 0 Å². The van der Waals surface area contributed by atoms with Crippen LogP contribution in [0.3, 0.4) is 0 Å². The summed E-state index contributed by atoms with van der Waals surface area (Å²) in [6.07, 6.45) is 3.92. The van der Waals surface area contributed by atoms with Crippen LogP contribution in [0.4, 0.5) is 0 Å². The predicted octanol–water partition coefficient (Wildman–Crippen LogP) is 3.35. The molecule has 24 heavy (non-hydrogen) atoms. The molecule has 1 aliphatic carbocycles. The normalized spacial score (nSPS) is 17.0. The Balaban J connectivity index is 1.87. The van der Waals surface area contributed by atoms with Crippen LogP contribution in [0.15, 0.2) is 18.2 Å². The zero-order valence-corrected chi connectivity index (χ0v) is 15.6. The van der Waals surface area contributed by atoms with Gasteiger partial charge in [0.1, 0.15) is 5.75 Å². The molecular formula is C20H32N2O2. The van der Waals surface area contributed by atoms with Crippen LogP contribution in [0.25, 0.3) is 0 Å². The van der Waals surface area contributed by atoms with Crippen LogP contribution in [0.2, 0.25) is 0 Å². The van der Waals surface area contributed by atoms with Crippen LogP contribution in [0, 0.1) is 0 Å². The van der Waals surface area contributed by atoms with E-state index in [9.17, 15) is 4.79 Å². The van der Waals surface area contributed by atoms with Crippen molar-refractivity contribution in [1.82, 2.24) is 10.2 Å². The number of fused-ring (bicyclic) bond motifs is 1. The van der Waals surface area contributed by atoms with Crippen LogP contribution in [0.1, 0.15) is 57.1 Å². The number of carbonyl (C=O) groups is 1. The number of aryl methyl sites for hydroxylation is 1. The van der Waals surface area contributed by atoms with Gasteiger partial charge in [0.15, 0.2) is 0 Å². The Morgan fingerprint density at radius 3 is 2.88 bits per heavy atom. The Bertz CT molecular complexity index is 542. The third-order valence-electron chi connectivity index (χ3n) is 5.08. The molecule has 134 valence electrons. The molecule has 0 radical (unpaired) electrons. The number of hydrogen-bond acceptors (Lipinski definition) is 3. The Kier molecular flexibility index (Phi) is 7.10. The summed E-state index contributed by atoms with van der Waals surface area (Å²) in [5.74, 6) is 1.42. The SMILES string of the molecule is CCN(CCNC(=O)CC1CCCc2cc(OC)ccc21)C(C)C. The molecule has 0 heterocycles. The fourth-order valence-electron chi connectivity index (χ4n) is 3.65. The Morgan fingerprint density at radius 2 is 2.21 bits per heavy atom. The van der Waals surface area contributed by atoms with Gasteiger partial charge in [-0.3, -0.25) is 9.69 Å². The monoisotopic (exact) mass is 332 g/mol. The molecule has 0 saturated carbocycles. The molecule has 0 aromatic heterocycles. The number of nitrogens with one attached hydrogen (secondary N) is 1. The van der Waals surface area contributed by atoms with Crippen molar-refractivity contribution in [2.75, 3.05) is 26.7 Å². The number of nitrogens with zero attached hydrogens (tertiary/aromatic N) is 1. The zero-order chi connectivity index (χ0) is 17.5. The molecule has 4 nitrogen and oxygen atoms in total. The standard InChI is InChI=1S/C20H32N2O2/c1-5-22(15(2)3)12-11-21-20(23)14-17-8-6-7-16-13-18(24-4)9-10-19(16)17/h9-10,13,15,17H,5-8,11-12,14H2,1-4H3,(H,21,23).